The van der Waals surface area contributed by atoms with Crippen LogP contribution in [0.3, 0.4) is 0 Å². The van der Waals surface area contributed by atoms with Crippen LogP contribution in [-0.4, -0.2) is 5.97 Å². The minimum Gasteiger partial charge on any atom is -0.423 e. The molecule has 0 heterocycles. The molecule has 0 atom stereocenters. The fourth-order valence-electron chi connectivity index (χ4n) is 1.33. The van der Waals surface area contributed by atoms with Gasteiger partial charge in [0, 0.05) is 11.6 Å². The largest absolute Gasteiger partial charge is 0.423 e. The molecule has 0 bridgehead atoms. The van der Waals surface area contributed by atoms with E-state index >= 15 is 0 Å². The summed E-state index contributed by atoms with van der Waals surface area (Å²) in [6.45, 7) is 9.60. The van der Waals surface area contributed by atoms with Crippen molar-refractivity contribution in [3.63, 3.8) is 0 Å². The molecule has 0 saturated heterocycles. The first-order valence-electron chi connectivity index (χ1n) is 4.89. The lowest BCUT2D eigenvalue weighted by Gasteiger charge is -2.21. The third kappa shape index (κ3) is 2.94. The van der Waals surface area contributed by atoms with Crippen LogP contribution in [0.2, 0.25) is 0 Å². The Balaban J connectivity index is 3.07. The van der Waals surface area contributed by atoms with Crippen molar-refractivity contribution in [2.45, 2.75) is 26.2 Å². The van der Waals surface area contributed by atoms with Gasteiger partial charge in [0.2, 0.25) is 0 Å². The van der Waals surface area contributed by atoms with Crippen molar-refractivity contribution in [2.24, 2.45) is 0 Å². The second kappa shape index (κ2) is 4.30. The molecule has 2 heteroatoms. The average molecular weight is 204 g/mol. The Morgan fingerprint density at radius 2 is 1.93 bits per heavy atom. The maximum Gasteiger partial charge on any atom is 0.335 e. The predicted molar refractivity (Wildman–Crippen MR) is 61.0 cm³/mol. The Kier molecular flexibility index (Phi) is 3.30. The summed E-state index contributed by atoms with van der Waals surface area (Å²) in [5, 5.41) is 0. The van der Waals surface area contributed by atoms with Crippen LogP contribution in [0.4, 0.5) is 0 Å². The van der Waals surface area contributed by atoms with E-state index in [9.17, 15) is 4.79 Å². The molecule has 0 aliphatic heterocycles. The van der Waals surface area contributed by atoms with Gasteiger partial charge in [0.05, 0.1) is 0 Å². The molecule has 1 aromatic carbocycles. The van der Waals surface area contributed by atoms with Gasteiger partial charge in [-0.05, 0) is 11.5 Å². The van der Waals surface area contributed by atoms with Crippen molar-refractivity contribution in [1.82, 2.24) is 0 Å². The van der Waals surface area contributed by atoms with Gasteiger partial charge >= 0.3 is 5.97 Å². The van der Waals surface area contributed by atoms with E-state index in [0.717, 1.165) is 5.56 Å². The van der Waals surface area contributed by atoms with Crippen LogP contribution in [-0.2, 0) is 10.2 Å². The SMILES string of the molecule is C=CC(=O)Oc1ccccc1C(C)(C)C. The summed E-state index contributed by atoms with van der Waals surface area (Å²) in [7, 11) is 0. The molecule has 15 heavy (non-hydrogen) atoms. The molecule has 80 valence electrons. The first-order valence-corrected chi connectivity index (χ1v) is 4.89. The summed E-state index contributed by atoms with van der Waals surface area (Å²) in [4.78, 5) is 11.1. The maximum atomic E-state index is 11.1. The highest BCUT2D eigenvalue weighted by atomic mass is 16.5. The van der Waals surface area contributed by atoms with E-state index in [1.54, 1.807) is 6.07 Å². The van der Waals surface area contributed by atoms with Gasteiger partial charge in [-0.25, -0.2) is 4.79 Å². The molecule has 0 saturated carbocycles. The van der Waals surface area contributed by atoms with Crippen molar-refractivity contribution < 1.29 is 9.53 Å². The summed E-state index contributed by atoms with van der Waals surface area (Å²) in [6.07, 6.45) is 1.17. The number of carbonyl (C=O) groups is 1. The van der Waals surface area contributed by atoms with Crippen LogP contribution >= 0.6 is 0 Å². The first-order chi connectivity index (χ1) is 6.95. The van der Waals surface area contributed by atoms with E-state index in [2.05, 4.69) is 27.4 Å². The Labute approximate surface area is 90.6 Å². The molecular formula is C13H16O2. The second-order valence-electron chi connectivity index (χ2n) is 4.37. The van der Waals surface area contributed by atoms with E-state index in [0.29, 0.717) is 5.75 Å². The standard InChI is InChI=1S/C13H16O2/c1-5-12(14)15-11-9-7-6-8-10(11)13(2,3)4/h5-9H,1H2,2-4H3. The number of ether oxygens (including phenoxy) is 1. The molecule has 1 aromatic rings. The lowest BCUT2D eigenvalue weighted by Crippen LogP contribution is -2.15. The predicted octanol–water partition coefficient (Wildman–Crippen LogP) is 3.08. The van der Waals surface area contributed by atoms with Crippen LogP contribution in [0.5, 0.6) is 5.75 Å². The molecule has 2 nitrogen and oxygen atoms in total. The third-order valence-electron chi connectivity index (χ3n) is 2.07. The zero-order valence-corrected chi connectivity index (χ0v) is 9.41. The Hall–Kier alpha value is -1.57. The van der Waals surface area contributed by atoms with Crippen LogP contribution in [0.15, 0.2) is 36.9 Å². The van der Waals surface area contributed by atoms with Gasteiger partial charge in [-0.3, -0.25) is 0 Å². The Morgan fingerprint density at radius 3 is 2.47 bits per heavy atom. The molecule has 0 fully saturated rings. The van der Waals surface area contributed by atoms with Gasteiger partial charge < -0.3 is 4.74 Å². The Bertz CT molecular complexity index is 372. The maximum absolute atomic E-state index is 11.1. The zero-order chi connectivity index (χ0) is 11.5. The minimum atomic E-state index is -0.424. The number of rotatable bonds is 2. The highest BCUT2D eigenvalue weighted by Crippen LogP contribution is 2.30. The first kappa shape index (κ1) is 11.5. The van der Waals surface area contributed by atoms with Gasteiger partial charge in [-0.15, -0.1) is 0 Å². The van der Waals surface area contributed by atoms with E-state index in [4.69, 9.17) is 4.74 Å². The molecule has 0 aliphatic rings. The lowest BCUT2D eigenvalue weighted by atomic mass is 9.86. The minimum absolute atomic E-state index is 0.0436. The lowest BCUT2D eigenvalue weighted by molar-refractivity contribution is -0.129. The molecule has 0 radical (unpaired) electrons. The van der Waals surface area contributed by atoms with Crippen molar-refractivity contribution >= 4 is 5.97 Å². The number of hydrogen-bond acceptors (Lipinski definition) is 2. The summed E-state index contributed by atoms with van der Waals surface area (Å²) >= 11 is 0. The fraction of sp³-hybridized carbons (Fsp3) is 0.308. The van der Waals surface area contributed by atoms with Crippen LogP contribution in [0.1, 0.15) is 26.3 Å². The van der Waals surface area contributed by atoms with Crippen LogP contribution < -0.4 is 4.74 Å². The zero-order valence-electron chi connectivity index (χ0n) is 9.41. The van der Waals surface area contributed by atoms with E-state index in [-0.39, 0.29) is 5.41 Å². The Morgan fingerprint density at radius 1 is 1.33 bits per heavy atom. The summed E-state index contributed by atoms with van der Waals surface area (Å²) in [6, 6.07) is 7.54. The number of carbonyl (C=O) groups excluding carboxylic acids is 1. The molecule has 0 aliphatic carbocycles. The molecular weight excluding hydrogens is 188 g/mol. The normalized spacial score (nSPS) is 10.9. The molecule has 0 aromatic heterocycles. The molecule has 0 spiro atoms. The number of esters is 1. The highest BCUT2D eigenvalue weighted by molar-refractivity contribution is 5.83. The highest BCUT2D eigenvalue weighted by Gasteiger charge is 2.19. The van der Waals surface area contributed by atoms with Crippen molar-refractivity contribution in [3.05, 3.63) is 42.5 Å². The van der Waals surface area contributed by atoms with Gasteiger partial charge in [0.25, 0.3) is 0 Å². The quantitative estimate of drug-likeness (QED) is 0.420. The number of para-hydroxylation sites is 1. The monoisotopic (exact) mass is 204 g/mol. The number of benzene rings is 1. The second-order valence-corrected chi connectivity index (χ2v) is 4.37. The average Bonchev–Trinajstić information content (AvgIpc) is 2.17. The molecule has 0 unspecified atom stereocenters. The van der Waals surface area contributed by atoms with E-state index < -0.39 is 5.97 Å². The van der Waals surface area contributed by atoms with Crippen molar-refractivity contribution in [3.8, 4) is 5.75 Å². The smallest absolute Gasteiger partial charge is 0.335 e. The third-order valence-corrected chi connectivity index (χ3v) is 2.07. The van der Waals surface area contributed by atoms with Gasteiger partial charge in [0.15, 0.2) is 0 Å². The topological polar surface area (TPSA) is 26.3 Å². The summed E-state index contributed by atoms with van der Waals surface area (Å²) in [5.74, 6) is 0.182. The molecule has 1 rings (SSSR count). The summed E-state index contributed by atoms with van der Waals surface area (Å²) in [5.41, 5.74) is 0.970. The fourth-order valence-corrected chi connectivity index (χ4v) is 1.33. The van der Waals surface area contributed by atoms with Crippen LogP contribution in [0.25, 0.3) is 0 Å². The van der Waals surface area contributed by atoms with E-state index in [1.165, 1.54) is 6.08 Å². The van der Waals surface area contributed by atoms with Crippen molar-refractivity contribution in [2.75, 3.05) is 0 Å². The van der Waals surface area contributed by atoms with E-state index in [1.807, 2.05) is 18.2 Å². The van der Waals surface area contributed by atoms with Gasteiger partial charge in [-0.2, -0.15) is 0 Å². The summed E-state index contributed by atoms with van der Waals surface area (Å²) < 4.78 is 5.16. The van der Waals surface area contributed by atoms with Gasteiger partial charge in [-0.1, -0.05) is 45.5 Å². The molecule has 0 N–H and O–H groups in total. The molecule has 0 amide bonds. The number of hydrogen-bond donors (Lipinski definition) is 0. The van der Waals surface area contributed by atoms with Crippen molar-refractivity contribution in [1.29, 1.82) is 0 Å². The van der Waals surface area contributed by atoms with Gasteiger partial charge in [0.1, 0.15) is 5.75 Å². The van der Waals surface area contributed by atoms with Crippen LogP contribution in [0, 0.1) is 0 Å².